The number of ether oxygens (including phenoxy) is 2. The molecule has 132 valence electrons. The fraction of sp³-hybridized carbons (Fsp3) is 0.733. The highest BCUT2D eigenvalue weighted by Crippen LogP contribution is 2.05. The first-order valence-corrected chi connectivity index (χ1v) is 7.60. The first kappa shape index (κ1) is 20.9. The number of carbonyl (C=O) groups excluding carboxylic acids is 2. The zero-order chi connectivity index (χ0) is 17.7. The summed E-state index contributed by atoms with van der Waals surface area (Å²) in [5.41, 5.74) is 0. The van der Waals surface area contributed by atoms with E-state index >= 15 is 0 Å². The molecule has 0 heterocycles. The molecular weight excluding hydrogens is 308 g/mol. The van der Waals surface area contributed by atoms with Crippen LogP contribution in [0.5, 0.6) is 0 Å². The number of carboxylic acids is 2. The molecule has 1 unspecified atom stereocenters. The summed E-state index contributed by atoms with van der Waals surface area (Å²) >= 11 is 0. The van der Waals surface area contributed by atoms with Crippen LogP contribution in [0.2, 0.25) is 0 Å². The van der Waals surface area contributed by atoms with E-state index in [9.17, 15) is 19.2 Å². The summed E-state index contributed by atoms with van der Waals surface area (Å²) < 4.78 is 9.95. The molecule has 0 saturated heterocycles. The molecular formula is C15H24O8. The third kappa shape index (κ3) is 14.6. The van der Waals surface area contributed by atoms with Crippen LogP contribution in [0.4, 0.5) is 0 Å². The second-order valence-electron chi connectivity index (χ2n) is 5.19. The number of aliphatic carboxylic acids is 2. The van der Waals surface area contributed by atoms with Gasteiger partial charge in [0.25, 0.3) is 0 Å². The molecule has 0 aromatic rings. The van der Waals surface area contributed by atoms with E-state index in [0.717, 1.165) is 0 Å². The number of unbranched alkanes of at least 4 members (excludes halogenated alkanes) is 2. The van der Waals surface area contributed by atoms with E-state index in [1.165, 1.54) is 0 Å². The highest BCUT2D eigenvalue weighted by atomic mass is 16.6. The second kappa shape index (κ2) is 12.4. The standard InChI is InChI=1S/C15H24O8/c1-11(23-15(21)9-5-3-7-13(18)19)10-22-14(20)8-4-2-6-12(16)17/h11H,2-10H2,1H3,(H,16,17)(H,18,19). The van der Waals surface area contributed by atoms with E-state index < -0.39 is 30.0 Å². The quantitative estimate of drug-likeness (QED) is 0.386. The van der Waals surface area contributed by atoms with E-state index in [2.05, 4.69) is 0 Å². The van der Waals surface area contributed by atoms with E-state index in [1.54, 1.807) is 6.92 Å². The maximum absolute atomic E-state index is 11.5. The SMILES string of the molecule is CC(COC(=O)CCCCC(=O)O)OC(=O)CCCCC(=O)O. The van der Waals surface area contributed by atoms with Crippen LogP contribution in [-0.4, -0.2) is 46.8 Å². The largest absolute Gasteiger partial charge is 0.481 e. The van der Waals surface area contributed by atoms with Gasteiger partial charge in [-0.3, -0.25) is 19.2 Å². The molecule has 0 aliphatic heterocycles. The van der Waals surface area contributed by atoms with Crippen molar-refractivity contribution < 1.29 is 38.9 Å². The maximum Gasteiger partial charge on any atom is 0.306 e. The van der Waals surface area contributed by atoms with Gasteiger partial charge >= 0.3 is 23.9 Å². The summed E-state index contributed by atoms with van der Waals surface area (Å²) in [6.45, 7) is 1.53. The average Bonchev–Trinajstić information content (AvgIpc) is 2.45. The Labute approximate surface area is 134 Å². The van der Waals surface area contributed by atoms with Crippen LogP contribution in [0.25, 0.3) is 0 Å². The predicted octanol–water partition coefficient (Wildman–Crippen LogP) is 1.75. The molecule has 1 atom stereocenters. The van der Waals surface area contributed by atoms with Gasteiger partial charge in [0.15, 0.2) is 0 Å². The molecule has 0 aromatic heterocycles. The van der Waals surface area contributed by atoms with Crippen LogP contribution in [0, 0.1) is 0 Å². The third-order valence-electron chi connectivity index (χ3n) is 2.85. The number of rotatable bonds is 13. The number of hydrogen-bond acceptors (Lipinski definition) is 6. The Morgan fingerprint density at radius 2 is 1.22 bits per heavy atom. The van der Waals surface area contributed by atoms with Gasteiger partial charge in [0, 0.05) is 25.7 Å². The molecule has 8 nitrogen and oxygen atoms in total. The first-order chi connectivity index (χ1) is 10.8. The second-order valence-corrected chi connectivity index (χ2v) is 5.19. The van der Waals surface area contributed by atoms with E-state index in [0.29, 0.717) is 25.7 Å². The van der Waals surface area contributed by atoms with Gasteiger partial charge in [0.1, 0.15) is 12.7 Å². The van der Waals surface area contributed by atoms with Crippen LogP contribution in [-0.2, 0) is 28.7 Å². The molecule has 0 bridgehead atoms. The zero-order valence-corrected chi connectivity index (χ0v) is 13.3. The minimum Gasteiger partial charge on any atom is -0.481 e. The molecule has 0 amide bonds. The van der Waals surface area contributed by atoms with Gasteiger partial charge in [-0.05, 0) is 32.6 Å². The van der Waals surface area contributed by atoms with Gasteiger partial charge in [0.05, 0.1) is 0 Å². The van der Waals surface area contributed by atoms with E-state index in [4.69, 9.17) is 19.7 Å². The molecule has 0 fully saturated rings. The lowest BCUT2D eigenvalue weighted by Crippen LogP contribution is -2.22. The van der Waals surface area contributed by atoms with Gasteiger partial charge in [-0.1, -0.05) is 0 Å². The van der Waals surface area contributed by atoms with Gasteiger partial charge in [-0.15, -0.1) is 0 Å². The van der Waals surface area contributed by atoms with E-state index in [1.807, 2.05) is 0 Å². The lowest BCUT2D eigenvalue weighted by atomic mass is 10.2. The highest BCUT2D eigenvalue weighted by molar-refractivity contribution is 5.71. The fourth-order valence-corrected chi connectivity index (χ4v) is 1.69. The van der Waals surface area contributed by atoms with Crippen molar-refractivity contribution in [3.05, 3.63) is 0 Å². The van der Waals surface area contributed by atoms with Crippen LogP contribution in [0.1, 0.15) is 58.3 Å². The van der Waals surface area contributed by atoms with Crippen molar-refractivity contribution in [2.75, 3.05) is 6.61 Å². The van der Waals surface area contributed by atoms with Crippen LogP contribution in [0.15, 0.2) is 0 Å². The van der Waals surface area contributed by atoms with Crippen molar-refractivity contribution >= 4 is 23.9 Å². The molecule has 0 aliphatic carbocycles. The van der Waals surface area contributed by atoms with Gasteiger partial charge < -0.3 is 19.7 Å². The summed E-state index contributed by atoms with van der Waals surface area (Å²) in [7, 11) is 0. The Hall–Kier alpha value is -2.12. The van der Waals surface area contributed by atoms with Crippen molar-refractivity contribution in [2.24, 2.45) is 0 Å². The summed E-state index contributed by atoms with van der Waals surface area (Å²) in [6, 6.07) is 0. The van der Waals surface area contributed by atoms with Crippen LogP contribution < -0.4 is 0 Å². The van der Waals surface area contributed by atoms with Crippen molar-refractivity contribution in [1.29, 1.82) is 0 Å². The summed E-state index contributed by atoms with van der Waals surface area (Å²) in [4.78, 5) is 43.4. The first-order valence-electron chi connectivity index (χ1n) is 7.60. The van der Waals surface area contributed by atoms with Gasteiger partial charge in [0.2, 0.25) is 0 Å². The molecule has 23 heavy (non-hydrogen) atoms. The van der Waals surface area contributed by atoms with E-state index in [-0.39, 0.29) is 32.3 Å². The monoisotopic (exact) mass is 332 g/mol. The molecule has 0 aromatic carbocycles. The average molecular weight is 332 g/mol. The number of esters is 2. The Bertz CT molecular complexity index is 404. The van der Waals surface area contributed by atoms with Crippen molar-refractivity contribution in [1.82, 2.24) is 0 Å². The third-order valence-corrected chi connectivity index (χ3v) is 2.85. The topological polar surface area (TPSA) is 127 Å². The van der Waals surface area contributed by atoms with Crippen LogP contribution >= 0.6 is 0 Å². The van der Waals surface area contributed by atoms with Crippen LogP contribution in [0.3, 0.4) is 0 Å². The van der Waals surface area contributed by atoms with Gasteiger partial charge in [-0.2, -0.15) is 0 Å². The van der Waals surface area contributed by atoms with Crippen molar-refractivity contribution in [3.8, 4) is 0 Å². The summed E-state index contributed by atoms with van der Waals surface area (Å²) in [5, 5.41) is 16.9. The fourth-order valence-electron chi connectivity index (χ4n) is 1.69. The molecule has 2 N–H and O–H groups in total. The Balaban J connectivity index is 3.66. The molecule has 0 rings (SSSR count). The Kier molecular flexibility index (Phi) is 11.3. The highest BCUT2D eigenvalue weighted by Gasteiger charge is 2.12. The predicted molar refractivity (Wildman–Crippen MR) is 78.7 cm³/mol. The summed E-state index contributed by atoms with van der Waals surface area (Å²) in [5.74, 6) is -2.72. The smallest absolute Gasteiger partial charge is 0.306 e. The zero-order valence-electron chi connectivity index (χ0n) is 13.3. The molecule has 0 radical (unpaired) electrons. The number of hydrogen-bond donors (Lipinski definition) is 2. The Morgan fingerprint density at radius 1 is 0.783 bits per heavy atom. The molecule has 0 aliphatic rings. The normalized spacial score (nSPS) is 11.5. The minimum absolute atomic E-state index is 0.0162. The number of carboxylic acid groups (broad SMARTS) is 2. The summed E-state index contributed by atoms with van der Waals surface area (Å²) in [6.07, 6.45) is 1.39. The molecule has 8 heteroatoms. The number of carbonyl (C=O) groups is 4. The van der Waals surface area contributed by atoms with Gasteiger partial charge in [-0.25, -0.2) is 0 Å². The van der Waals surface area contributed by atoms with Crippen molar-refractivity contribution in [2.45, 2.75) is 64.4 Å². The lowest BCUT2D eigenvalue weighted by Gasteiger charge is -2.13. The Morgan fingerprint density at radius 3 is 1.70 bits per heavy atom. The maximum atomic E-state index is 11.5. The van der Waals surface area contributed by atoms with Crippen molar-refractivity contribution in [3.63, 3.8) is 0 Å². The minimum atomic E-state index is -0.901. The molecule has 0 spiro atoms. The molecule has 0 saturated carbocycles. The lowest BCUT2D eigenvalue weighted by molar-refractivity contribution is -0.158.